The van der Waals surface area contributed by atoms with Crippen LogP contribution in [0.15, 0.2) is 42.5 Å². The average Bonchev–Trinajstić information content (AvgIpc) is 3.17. The van der Waals surface area contributed by atoms with Gasteiger partial charge in [0, 0.05) is 6.07 Å². The van der Waals surface area contributed by atoms with Crippen molar-refractivity contribution in [1.82, 2.24) is 5.32 Å². The number of rotatable bonds is 5. The molecule has 0 saturated heterocycles. The molecule has 0 bridgehead atoms. The normalized spacial score (nSPS) is 11.1. The van der Waals surface area contributed by atoms with E-state index in [1.54, 1.807) is 36.4 Å². The first-order valence-corrected chi connectivity index (χ1v) is 8.13. The molecule has 0 fully saturated rings. The van der Waals surface area contributed by atoms with Crippen LogP contribution in [0, 0.1) is 11.8 Å². The molecule has 1 aliphatic heterocycles. The van der Waals surface area contributed by atoms with Gasteiger partial charge in [0.1, 0.15) is 12.4 Å². The number of ether oxygens (including phenoxy) is 4. The van der Waals surface area contributed by atoms with Crippen LogP contribution in [-0.4, -0.2) is 38.9 Å². The summed E-state index contributed by atoms with van der Waals surface area (Å²) in [6.07, 6.45) is 0. The van der Waals surface area contributed by atoms with E-state index in [1.807, 2.05) is 0 Å². The predicted octanol–water partition coefficient (Wildman–Crippen LogP) is 2.01. The second-order valence-corrected chi connectivity index (χ2v) is 5.38. The van der Waals surface area contributed by atoms with Crippen molar-refractivity contribution in [2.24, 2.45) is 0 Å². The molecule has 0 radical (unpaired) electrons. The summed E-state index contributed by atoms with van der Waals surface area (Å²) >= 11 is 0. The van der Waals surface area contributed by atoms with Crippen molar-refractivity contribution < 1.29 is 28.5 Å². The fourth-order valence-electron chi connectivity index (χ4n) is 2.39. The van der Waals surface area contributed by atoms with E-state index in [9.17, 15) is 9.59 Å². The molecule has 27 heavy (non-hydrogen) atoms. The van der Waals surface area contributed by atoms with Crippen LogP contribution < -0.4 is 19.5 Å². The largest absolute Gasteiger partial charge is 0.481 e. The number of amides is 1. The van der Waals surface area contributed by atoms with Gasteiger partial charge in [-0.3, -0.25) is 4.79 Å². The number of nitrogens with one attached hydrogen (secondary N) is 1. The topological polar surface area (TPSA) is 83.1 Å². The number of carbonyl (C=O) groups excluding carboxylic acids is 2. The molecule has 0 atom stereocenters. The molecule has 1 aliphatic rings. The highest BCUT2D eigenvalue weighted by Crippen LogP contribution is 2.34. The van der Waals surface area contributed by atoms with Crippen LogP contribution in [0.2, 0.25) is 0 Å². The Kier molecular flexibility index (Phi) is 5.80. The summed E-state index contributed by atoms with van der Waals surface area (Å²) in [5.41, 5.74) is 0.444. The maximum Gasteiger partial charge on any atom is 0.338 e. The van der Waals surface area contributed by atoms with Gasteiger partial charge in [0.25, 0.3) is 5.91 Å². The van der Waals surface area contributed by atoms with Crippen LogP contribution in [0.5, 0.6) is 17.2 Å². The van der Waals surface area contributed by atoms with Crippen LogP contribution in [-0.2, 0) is 4.74 Å². The molecule has 0 aliphatic carbocycles. The molecular weight excluding hydrogens is 350 g/mol. The van der Waals surface area contributed by atoms with Gasteiger partial charge in [-0.25, -0.2) is 4.79 Å². The van der Waals surface area contributed by atoms with Crippen LogP contribution in [0.4, 0.5) is 0 Å². The molecule has 7 nitrogen and oxygen atoms in total. The number of hydrogen-bond acceptors (Lipinski definition) is 6. The molecule has 1 amide bonds. The standard InChI is InChI=1S/C20H17NO6/c1-24-20(23)16-7-3-2-6-15(16)19(22)21-10-4-5-11-25-14-8-9-17-18(12-14)27-13-26-17/h2-3,6-9,12H,10-11,13H2,1H3,(H,21,22). The number of methoxy groups -OCH3 is 1. The summed E-state index contributed by atoms with van der Waals surface area (Å²) in [4.78, 5) is 23.9. The molecule has 138 valence electrons. The van der Waals surface area contributed by atoms with Crippen molar-refractivity contribution in [1.29, 1.82) is 0 Å². The van der Waals surface area contributed by atoms with E-state index in [0.717, 1.165) is 0 Å². The zero-order valence-electron chi connectivity index (χ0n) is 14.6. The molecule has 7 heteroatoms. The summed E-state index contributed by atoms with van der Waals surface area (Å²) in [5, 5.41) is 2.64. The maximum absolute atomic E-state index is 12.2. The Bertz CT molecular complexity index is 912. The molecule has 0 saturated carbocycles. The molecule has 1 heterocycles. The highest BCUT2D eigenvalue weighted by molar-refractivity contribution is 6.05. The molecule has 0 spiro atoms. The minimum Gasteiger partial charge on any atom is -0.481 e. The van der Waals surface area contributed by atoms with Crippen molar-refractivity contribution in [2.45, 2.75) is 0 Å². The van der Waals surface area contributed by atoms with Gasteiger partial charge in [0.2, 0.25) is 6.79 Å². The SMILES string of the molecule is COC(=O)c1ccccc1C(=O)NCC#CCOc1ccc2c(c1)OCO2. The minimum absolute atomic E-state index is 0.124. The summed E-state index contributed by atoms with van der Waals surface area (Å²) in [5.74, 6) is 6.57. The van der Waals surface area contributed by atoms with Gasteiger partial charge >= 0.3 is 5.97 Å². The summed E-state index contributed by atoms with van der Waals surface area (Å²) in [6.45, 7) is 0.491. The van der Waals surface area contributed by atoms with E-state index < -0.39 is 11.9 Å². The summed E-state index contributed by atoms with van der Waals surface area (Å²) in [7, 11) is 1.27. The van der Waals surface area contributed by atoms with Crippen molar-refractivity contribution in [3.8, 4) is 29.1 Å². The Hall–Kier alpha value is -3.66. The zero-order chi connectivity index (χ0) is 19.1. The van der Waals surface area contributed by atoms with Crippen molar-refractivity contribution in [2.75, 3.05) is 27.1 Å². The Balaban J connectivity index is 1.48. The van der Waals surface area contributed by atoms with E-state index >= 15 is 0 Å². The highest BCUT2D eigenvalue weighted by atomic mass is 16.7. The average molecular weight is 367 g/mol. The van der Waals surface area contributed by atoms with Crippen LogP contribution >= 0.6 is 0 Å². The second kappa shape index (κ2) is 8.63. The first-order valence-electron chi connectivity index (χ1n) is 8.13. The third kappa shape index (κ3) is 4.50. The molecule has 0 unspecified atom stereocenters. The number of benzene rings is 2. The fourth-order valence-corrected chi connectivity index (χ4v) is 2.39. The highest BCUT2D eigenvalue weighted by Gasteiger charge is 2.16. The van der Waals surface area contributed by atoms with E-state index in [4.69, 9.17) is 14.2 Å². The number of esters is 1. The van der Waals surface area contributed by atoms with E-state index in [1.165, 1.54) is 13.2 Å². The van der Waals surface area contributed by atoms with Crippen molar-refractivity contribution in [3.05, 3.63) is 53.6 Å². The fraction of sp³-hybridized carbons (Fsp3) is 0.200. The van der Waals surface area contributed by atoms with Crippen LogP contribution in [0.25, 0.3) is 0 Å². The monoisotopic (exact) mass is 367 g/mol. The third-order valence-electron chi connectivity index (χ3n) is 3.69. The maximum atomic E-state index is 12.2. The third-order valence-corrected chi connectivity index (χ3v) is 3.69. The van der Waals surface area contributed by atoms with Crippen molar-refractivity contribution >= 4 is 11.9 Å². The molecular formula is C20H17NO6. The smallest absolute Gasteiger partial charge is 0.338 e. The molecule has 2 aromatic carbocycles. The van der Waals surface area contributed by atoms with Gasteiger partial charge in [-0.1, -0.05) is 24.0 Å². The Labute approximate surface area is 156 Å². The quantitative estimate of drug-likeness (QED) is 0.643. The van der Waals surface area contributed by atoms with Gasteiger partial charge in [-0.15, -0.1) is 0 Å². The Morgan fingerprint density at radius 3 is 2.67 bits per heavy atom. The van der Waals surface area contributed by atoms with Gasteiger partial charge in [-0.2, -0.15) is 0 Å². The van der Waals surface area contributed by atoms with Gasteiger partial charge in [0.15, 0.2) is 11.5 Å². The van der Waals surface area contributed by atoms with E-state index in [0.29, 0.717) is 17.2 Å². The Morgan fingerprint density at radius 2 is 1.85 bits per heavy atom. The number of carbonyl (C=O) groups is 2. The van der Waals surface area contributed by atoms with Crippen molar-refractivity contribution in [3.63, 3.8) is 0 Å². The minimum atomic E-state index is -0.566. The lowest BCUT2D eigenvalue weighted by molar-refractivity contribution is 0.0596. The number of hydrogen-bond donors (Lipinski definition) is 1. The first kappa shape index (κ1) is 18.1. The number of fused-ring (bicyclic) bond motifs is 1. The summed E-state index contributed by atoms with van der Waals surface area (Å²) < 4.78 is 20.7. The molecule has 1 N–H and O–H groups in total. The zero-order valence-corrected chi connectivity index (χ0v) is 14.6. The lowest BCUT2D eigenvalue weighted by atomic mass is 10.1. The first-order chi connectivity index (χ1) is 13.2. The second-order valence-electron chi connectivity index (χ2n) is 5.38. The Morgan fingerprint density at radius 1 is 1.07 bits per heavy atom. The lowest BCUT2D eigenvalue weighted by Gasteiger charge is -2.06. The van der Waals surface area contributed by atoms with Gasteiger partial charge in [0.05, 0.1) is 24.8 Å². The lowest BCUT2D eigenvalue weighted by Crippen LogP contribution is -2.25. The molecule has 2 aromatic rings. The van der Waals surface area contributed by atoms with Crippen LogP contribution in [0.3, 0.4) is 0 Å². The van der Waals surface area contributed by atoms with E-state index in [2.05, 4.69) is 21.9 Å². The van der Waals surface area contributed by atoms with Gasteiger partial charge < -0.3 is 24.3 Å². The van der Waals surface area contributed by atoms with Gasteiger partial charge in [-0.05, 0) is 24.3 Å². The van der Waals surface area contributed by atoms with E-state index in [-0.39, 0.29) is 31.1 Å². The van der Waals surface area contributed by atoms with Crippen LogP contribution in [0.1, 0.15) is 20.7 Å². The summed E-state index contributed by atoms with van der Waals surface area (Å²) in [6, 6.07) is 11.7. The molecule has 0 aromatic heterocycles. The molecule has 3 rings (SSSR count). The predicted molar refractivity (Wildman–Crippen MR) is 96.0 cm³/mol.